The number of hydrogen-bond donors (Lipinski definition) is 0. The number of amides is 1. The molecule has 182 valence electrons. The summed E-state index contributed by atoms with van der Waals surface area (Å²) in [4.78, 5) is 30.1. The van der Waals surface area contributed by atoms with Gasteiger partial charge in [-0.1, -0.05) is 55.0 Å². The van der Waals surface area contributed by atoms with Crippen molar-refractivity contribution in [3.8, 4) is 11.1 Å². The molecule has 0 unspecified atom stereocenters. The minimum absolute atomic E-state index is 0.0672. The molecule has 0 spiro atoms. The summed E-state index contributed by atoms with van der Waals surface area (Å²) in [6.07, 6.45) is 7.59. The molecule has 6 nitrogen and oxygen atoms in total. The fourth-order valence-electron chi connectivity index (χ4n) is 5.37. The van der Waals surface area contributed by atoms with E-state index in [0.717, 1.165) is 67.0 Å². The summed E-state index contributed by atoms with van der Waals surface area (Å²) >= 11 is 0. The predicted molar refractivity (Wildman–Crippen MR) is 140 cm³/mol. The Morgan fingerprint density at radius 1 is 0.943 bits per heavy atom. The predicted octanol–water partition coefficient (Wildman–Crippen LogP) is 5.17. The van der Waals surface area contributed by atoms with E-state index >= 15 is 0 Å². The number of hydrogen-bond acceptors (Lipinski definition) is 5. The molecule has 5 rings (SSSR count). The number of aromatic nitrogens is 2. The van der Waals surface area contributed by atoms with Gasteiger partial charge in [0.2, 0.25) is 5.95 Å². The second kappa shape index (κ2) is 10.6. The van der Waals surface area contributed by atoms with Gasteiger partial charge < -0.3 is 9.80 Å². The molecule has 2 saturated heterocycles. The lowest BCUT2D eigenvalue weighted by Crippen LogP contribution is -2.34. The number of anilines is 1. The zero-order valence-corrected chi connectivity index (χ0v) is 20.9. The number of benzene rings is 2. The van der Waals surface area contributed by atoms with E-state index < -0.39 is 0 Å². The Morgan fingerprint density at radius 2 is 1.69 bits per heavy atom. The maximum atomic E-state index is 14.0. The van der Waals surface area contributed by atoms with E-state index in [4.69, 9.17) is 4.98 Å². The first-order valence-electron chi connectivity index (χ1n) is 12.8. The second-order valence-corrected chi connectivity index (χ2v) is 9.88. The van der Waals surface area contributed by atoms with Gasteiger partial charge >= 0.3 is 0 Å². The molecule has 0 aliphatic carbocycles. The van der Waals surface area contributed by atoms with Crippen LogP contribution in [0.5, 0.6) is 0 Å². The summed E-state index contributed by atoms with van der Waals surface area (Å²) in [5, 5.41) is 0. The van der Waals surface area contributed by atoms with Crippen molar-refractivity contribution in [1.29, 1.82) is 0 Å². The van der Waals surface area contributed by atoms with E-state index in [-0.39, 0.29) is 11.9 Å². The van der Waals surface area contributed by atoms with Gasteiger partial charge in [0, 0.05) is 44.5 Å². The Hall–Kier alpha value is -3.25. The number of carbonyl (C=O) groups is 1. The normalized spacial score (nSPS) is 18.6. The first kappa shape index (κ1) is 23.5. The van der Waals surface area contributed by atoms with E-state index in [1.54, 1.807) is 0 Å². The first-order valence-corrected chi connectivity index (χ1v) is 12.8. The molecule has 0 radical (unpaired) electrons. The maximum Gasteiger partial charge on any atom is 0.254 e. The fraction of sp³-hybridized carbons (Fsp3) is 0.414. The Bertz CT molecular complexity index is 1160. The minimum atomic E-state index is -0.0672. The van der Waals surface area contributed by atoms with Crippen LogP contribution in [0.25, 0.3) is 11.1 Å². The van der Waals surface area contributed by atoms with Crippen LogP contribution in [-0.2, 0) is 6.54 Å². The molecule has 2 fully saturated rings. The molecule has 1 amide bonds. The van der Waals surface area contributed by atoms with Crippen LogP contribution in [0.3, 0.4) is 0 Å². The Labute approximate surface area is 208 Å². The summed E-state index contributed by atoms with van der Waals surface area (Å²) in [6, 6.07) is 18.4. The monoisotopic (exact) mass is 469 g/mol. The molecule has 0 N–H and O–H groups in total. The third-order valence-corrected chi connectivity index (χ3v) is 7.21. The average molecular weight is 470 g/mol. The average Bonchev–Trinajstić information content (AvgIpc) is 3.39. The standard InChI is InChI=1S/C29H35N5O/c1-32(2)29-30-20-25(22-12-5-3-6-13-22)27(31-29)26-16-11-19-34(26)28(35)24-15-8-7-14-23(24)21-33-17-9-4-10-18-33/h3,5-8,12-15,20,26H,4,9-11,16-19,21H2,1-2H3/t26-/m0/s1. The Morgan fingerprint density at radius 3 is 2.46 bits per heavy atom. The highest BCUT2D eigenvalue weighted by molar-refractivity contribution is 5.96. The lowest BCUT2D eigenvalue weighted by molar-refractivity contribution is 0.0730. The SMILES string of the molecule is CN(C)c1ncc(-c2ccccc2)c([C@@H]2CCCN2C(=O)c2ccccc2CN2CCCCC2)n1. The largest absolute Gasteiger partial charge is 0.347 e. The van der Waals surface area contributed by atoms with Crippen LogP contribution in [0.1, 0.15) is 59.8 Å². The number of piperidine rings is 1. The molecule has 2 aromatic carbocycles. The quantitative estimate of drug-likeness (QED) is 0.498. The Balaban J connectivity index is 1.49. The zero-order chi connectivity index (χ0) is 24.2. The lowest BCUT2D eigenvalue weighted by Gasteiger charge is -2.29. The summed E-state index contributed by atoms with van der Waals surface area (Å²) in [5.41, 5.74) is 4.98. The summed E-state index contributed by atoms with van der Waals surface area (Å²) in [5.74, 6) is 0.786. The molecule has 1 atom stereocenters. The van der Waals surface area contributed by atoms with E-state index in [0.29, 0.717) is 5.95 Å². The van der Waals surface area contributed by atoms with Crippen LogP contribution in [0, 0.1) is 0 Å². The van der Waals surface area contributed by atoms with Crippen molar-refractivity contribution < 1.29 is 4.79 Å². The molecule has 1 aromatic heterocycles. The van der Waals surface area contributed by atoms with Gasteiger partial charge in [0.05, 0.1) is 11.7 Å². The molecular formula is C29H35N5O. The number of nitrogens with zero attached hydrogens (tertiary/aromatic N) is 5. The van der Waals surface area contributed by atoms with Gasteiger partial charge in [-0.15, -0.1) is 0 Å². The third-order valence-electron chi connectivity index (χ3n) is 7.21. The fourth-order valence-corrected chi connectivity index (χ4v) is 5.37. The maximum absolute atomic E-state index is 14.0. The highest BCUT2D eigenvalue weighted by Crippen LogP contribution is 2.38. The molecule has 0 saturated carbocycles. The van der Waals surface area contributed by atoms with Gasteiger partial charge in [-0.05, 0) is 56.0 Å². The van der Waals surface area contributed by atoms with Crippen LogP contribution >= 0.6 is 0 Å². The van der Waals surface area contributed by atoms with Crippen LogP contribution in [-0.4, -0.2) is 59.4 Å². The second-order valence-electron chi connectivity index (χ2n) is 9.88. The van der Waals surface area contributed by atoms with Crippen LogP contribution in [0.2, 0.25) is 0 Å². The lowest BCUT2D eigenvalue weighted by atomic mass is 9.99. The highest BCUT2D eigenvalue weighted by atomic mass is 16.2. The van der Waals surface area contributed by atoms with Gasteiger partial charge in [-0.2, -0.15) is 0 Å². The third kappa shape index (κ3) is 5.08. The van der Waals surface area contributed by atoms with Crippen LogP contribution in [0.4, 0.5) is 5.95 Å². The zero-order valence-electron chi connectivity index (χ0n) is 20.9. The number of carbonyl (C=O) groups excluding carboxylic acids is 1. The molecule has 6 heteroatoms. The van der Waals surface area contributed by atoms with Crippen molar-refractivity contribution in [3.05, 3.63) is 77.6 Å². The molecule has 35 heavy (non-hydrogen) atoms. The van der Waals surface area contributed by atoms with Crippen LogP contribution in [0.15, 0.2) is 60.8 Å². The first-order chi connectivity index (χ1) is 17.1. The molecule has 3 heterocycles. The van der Waals surface area contributed by atoms with Gasteiger partial charge in [0.25, 0.3) is 5.91 Å². The number of rotatable bonds is 6. The van der Waals surface area contributed by atoms with E-state index in [2.05, 4.69) is 34.1 Å². The van der Waals surface area contributed by atoms with Gasteiger partial charge in [0.15, 0.2) is 0 Å². The molecule has 2 aliphatic heterocycles. The molecule has 2 aliphatic rings. The van der Waals surface area contributed by atoms with Gasteiger partial charge in [-0.25, -0.2) is 9.97 Å². The van der Waals surface area contributed by atoms with Crippen molar-refractivity contribution in [2.45, 2.75) is 44.7 Å². The van der Waals surface area contributed by atoms with Gasteiger partial charge in [0.1, 0.15) is 0 Å². The van der Waals surface area contributed by atoms with E-state index in [1.165, 1.54) is 19.3 Å². The smallest absolute Gasteiger partial charge is 0.254 e. The van der Waals surface area contributed by atoms with Crippen molar-refractivity contribution in [2.75, 3.05) is 38.6 Å². The summed E-state index contributed by atoms with van der Waals surface area (Å²) in [7, 11) is 3.91. The number of likely N-dealkylation sites (tertiary alicyclic amines) is 2. The van der Waals surface area contributed by atoms with Crippen molar-refractivity contribution in [2.24, 2.45) is 0 Å². The van der Waals surface area contributed by atoms with E-state index in [9.17, 15) is 4.79 Å². The van der Waals surface area contributed by atoms with Crippen molar-refractivity contribution in [1.82, 2.24) is 19.8 Å². The van der Waals surface area contributed by atoms with Crippen molar-refractivity contribution in [3.63, 3.8) is 0 Å². The van der Waals surface area contributed by atoms with Crippen molar-refractivity contribution >= 4 is 11.9 Å². The summed E-state index contributed by atoms with van der Waals surface area (Å²) < 4.78 is 0. The Kier molecular flexibility index (Phi) is 7.09. The van der Waals surface area contributed by atoms with E-state index in [1.807, 2.05) is 60.4 Å². The molecular weight excluding hydrogens is 434 g/mol. The highest BCUT2D eigenvalue weighted by Gasteiger charge is 2.34. The van der Waals surface area contributed by atoms with Crippen LogP contribution < -0.4 is 4.90 Å². The molecule has 3 aromatic rings. The minimum Gasteiger partial charge on any atom is -0.347 e. The van der Waals surface area contributed by atoms with Gasteiger partial charge in [-0.3, -0.25) is 9.69 Å². The molecule has 0 bridgehead atoms. The summed E-state index contributed by atoms with van der Waals surface area (Å²) in [6.45, 7) is 3.82. The topological polar surface area (TPSA) is 52.6 Å².